The second-order valence-electron chi connectivity index (χ2n) is 3.50. The molecule has 0 N–H and O–H groups in total. The Balaban J connectivity index is 1.89. The minimum Gasteiger partial charge on any atom is -0.0651 e. The normalized spacial score (nSPS) is 51.4. The average Bonchev–Trinajstić information content (AvgIpc) is 2.40. The first-order valence-corrected chi connectivity index (χ1v) is 3.90. The molecule has 0 aromatic rings. The van der Waals surface area contributed by atoms with Crippen LogP contribution in [-0.4, -0.2) is 0 Å². The third kappa shape index (κ3) is 0.586. The van der Waals surface area contributed by atoms with Gasteiger partial charge in [0.25, 0.3) is 0 Å². The standard InChI is InChI=1S/C8H14/c1-2-6-3-7-5-8(7)4-6/h6-8H,2-5H2,1H3/t6?,7-,8?/m1/s1. The summed E-state index contributed by atoms with van der Waals surface area (Å²) in [4.78, 5) is 0. The Morgan fingerprint density at radius 3 is 2.12 bits per heavy atom. The van der Waals surface area contributed by atoms with Gasteiger partial charge in [0.2, 0.25) is 0 Å². The zero-order valence-corrected chi connectivity index (χ0v) is 5.56. The minimum atomic E-state index is 1.12. The molecule has 0 aromatic heterocycles. The first-order chi connectivity index (χ1) is 3.90. The molecule has 0 aromatic carbocycles. The third-order valence-corrected chi connectivity index (χ3v) is 2.92. The van der Waals surface area contributed by atoms with Crippen LogP contribution in [0.1, 0.15) is 32.6 Å². The lowest BCUT2D eigenvalue weighted by atomic mass is 10.0. The summed E-state index contributed by atoms with van der Waals surface area (Å²) in [5.74, 6) is 3.51. The summed E-state index contributed by atoms with van der Waals surface area (Å²) in [5, 5.41) is 0. The topological polar surface area (TPSA) is 0 Å². The Morgan fingerprint density at radius 2 is 1.75 bits per heavy atom. The molecular weight excluding hydrogens is 96.1 g/mol. The molecule has 8 heavy (non-hydrogen) atoms. The zero-order chi connectivity index (χ0) is 5.56. The van der Waals surface area contributed by atoms with Gasteiger partial charge < -0.3 is 0 Å². The van der Waals surface area contributed by atoms with Crippen molar-refractivity contribution < 1.29 is 0 Å². The SMILES string of the molecule is CCC1CC2C[C@H]2C1. The smallest absolute Gasteiger partial charge is 0.0380 e. The number of hydrogen-bond donors (Lipinski definition) is 0. The Hall–Kier alpha value is 0. The zero-order valence-electron chi connectivity index (χ0n) is 5.56. The maximum atomic E-state index is 2.33. The second kappa shape index (κ2) is 1.49. The molecule has 0 nitrogen and oxygen atoms in total. The van der Waals surface area contributed by atoms with E-state index in [9.17, 15) is 0 Å². The fourth-order valence-corrected chi connectivity index (χ4v) is 2.17. The molecular formula is C8H14. The van der Waals surface area contributed by atoms with E-state index in [-0.39, 0.29) is 0 Å². The van der Waals surface area contributed by atoms with Crippen molar-refractivity contribution in [2.75, 3.05) is 0 Å². The van der Waals surface area contributed by atoms with Gasteiger partial charge in [-0.25, -0.2) is 0 Å². The largest absolute Gasteiger partial charge is 0.0651 e. The van der Waals surface area contributed by atoms with Crippen molar-refractivity contribution in [2.45, 2.75) is 32.6 Å². The van der Waals surface area contributed by atoms with Crippen LogP contribution in [0.3, 0.4) is 0 Å². The van der Waals surface area contributed by atoms with Gasteiger partial charge in [-0.15, -0.1) is 0 Å². The van der Waals surface area contributed by atoms with Crippen molar-refractivity contribution >= 4 is 0 Å². The molecule has 0 amide bonds. The van der Waals surface area contributed by atoms with Crippen molar-refractivity contribution in [3.8, 4) is 0 Å². The van der Waals surface area contributed by atoms with E-state index in [0.717, 1.165) is 5.92 Å². The van der Waals surface area contributed by atoms with Gasteiger partial charge in [-0.05, 0) is 37.0 Å². The molecule has 0 saturated heterocycles. The highest BCUT2D eigenvalue weighted by Crippen LogP contribution is 2.54. The van der Waals surface area contributed by atoms with Gasteiger partial charge in [0.1, 0.15) is 0 Å². The Bertz CT molecular complexity index is 86.2. The van der Waals surface area contributed by atoms with Crippen LogP contribution in [0.15, 0.2) is 0 Å². The molecule has 2 saturated carbocycles. The summed E-state index contributed by atoms with van der Waals surface area (Å²) < 4.78 is 0. The molecule has 2 rings (SSSR count). The van der Waals surface area contributed by atoms with Gasteiger partial charge in [-0.2, -0.15) is 0 Å². The molecule has 2 aliphatic carbocycles. The van der Waals surface area contributed by atoms with Gasteiger partial charge >= 0.3 is 0 Å². The molecule has 0 aliphatic heterocycles. The first kappa shape index (κ1) is 4.84. The predicted molar refractivity (Wildman–Crippen MR) is 34.6 cm³/mol. The summed E-state index contributed by atoms with van der Waals surface area (Å²) in [7, 11) is 0. The van der Waals surface area contributed by atoms with Crippen molar-refractivity contribution in [1.29, 1.82) is 0 Å². The van der Waals surface area contributed by atoms with E-state index in [0.29, 0.717) is 0 Å². The lowest BCUT2D eigenvalue weighted by molar-refractivity contribution is 0.473. The van der Waals surface area contributed by atoms with Crippen LogP contribution >= 0.6 is 0 Å². The highest BCUT2D eigenvalue weighted by Gasteiger charge is 2.44. The molecule has 0 radical (unpaired) electrons. The van der Waals surface area contributed by atoms with E-state index in [1.807, 2.05) is 0 Å². The van der Waals surface area contributed by atoms with Crippen molar-refractivity contribution in [2.24, 2.45) is 17.8 Å². The first-order valence-electron chi connectivity index (χ1n) is 3.90. The highest BCUT2D eigenvalue weighted by molar-refractivity contribution is 4.95. The van der Waals surface area contributed by atoms with Gasteiger partial charge in [0.15, 0.2) is 0 Å². The monoisotopic (exact) mass is 110 g/mol. The highest BCUT2D eigenvalue weighted by atomic mass is 14.5. The van der Waals surface area contributed by atoms with Gasteiger partial charge in [0, 0.05) is 0 Å². The van der Waals surface area contributed by atoms with E-state index in [1.165, 1.54) is 18.3 Å². The fraction of sp³-hybridized carbons (Fsp3) is 1.00. The summed E-state index contributed by atoms with van der Waals surface area (Å²) in [6.45, 7) is 2.33. The Kier molecular flexibility index (Phi) is 0.902. The quantitative estimate of drug-likeness (QED) is 0.486. The van der Waals surface area contributed by atoms with Crippen LogP contribution in [0, 0.1) is 17.8 Å². The molecule has 46 valence electrons. The molecule has 0 bridgehead atoms. The van der Waals surface area contributed by atoms with E-state index in [4.69, 9.17) is 0 Å². The summed E-state index contributed by atoms with van der Waals surface area (Å²) in [5.41, 5.74) is 0. The van der Waals surface area contributed by atoms with Crippen molar-refractivity contribution in [3.05, 3.63) is 0 Å². The maximum Gasteiger partial charge on any atom is -0.0380 e. The third-order valence-electron chi connectivity index (χ3n) is 2.92. The maximum absolute atomic E-state index is 2.33. The lowest BCUT2D eigenvalue weighted by Crippen LogP contribution is -1.92. The molecule has 3 atom stereocenters. The summed E-state index contributed by atoms with van der Waals surface area (Å²) >= 11 is 0. The minimum absolute atomic E-state index is 1.12. The van der Waals surface area contributed by atoms with E-state index in [1.54, 1.807) is 19.3 Å². The van der Waals surface area contributed by atoms with Crippen LogP contribution in [0.2, 0.25) is 0 Å². The van der Waals surface area contributed by atoms with Crippen molar-refractivity contribution in [3.63, 3.8) is 0 Å². The van der Waals surface area contributed by atoms with Gasteiger partial charge in [0.05, 0.1) is 0 Å². The van der Waals surface area contributed by atoms with Crippen LogP contribution in [0.4, 0.5) is 0 Å². The van der Waals surface area contributed by atoms with Crippen LogP contribution < -0.4 is 0 Å². The van der Waals surface area contributed by atoms with Crippen LogP contribution in [-0.2, 0) is 0 Å². The number of fused-ring (bicyclic) bond motifs is 1. The van der Waals surface area contributed by atoms with Crippen LogP contribution in [0.5, 0.6) is 0 Å². The van der Waals surface area contributed by atoms with E-state index < -0.39 is 0 Å². The Morgan fingerprint density at radius 1 is 1.12 bits per heavy atom. The van der Waals surface area contributed by atoms with Crippen molar-refractivity contribution in [1.82, 2.24) is 0 Å². The summed E-state index contributed by atoms with van der Waals surface area (Å²) in [6, 6.07) is 0. The molecule has 0 heteroatoms. The molecule has 0 heterocycles. The molecule has 2 fully saturated rings. The Labute approximate surface area is 51.3 Å². The lowest BCUT2D eigenvalue weighted by Gasteiger charge is -2.04. The average molecular weight is 110 g/mol. The fourth-order valence-electron chi connectivity index (χ4n) is 2.17. The van der Waals surface area contributed by atoms with Gasteiger partial charge in [-0.1, -0.05) is 13.3 Å². The van der Waals surface area contributed by atoms with E-state index >= 15 is 0 Å². The predicted octanol–water partition coefficient (Wildman–Crippen LogP) is 2.44. The number of hydrogen-bond acceptors (Lipinski definition) is 0. The molecule has 2 unspecified atom stereocenters. The van der Waals surface area contributed by atoms with E-state index in [2.05, 4.69) is 6.92 Å². The van der Waals surface area contributed by atoms with Crippen LogP contribution in [0.25, 0.3) is 0 Å². The van der Waals surface area contributed by atoms with Gasteiger partial charge in [-0.3, -0.25) is 0 Å². The summed E-state index contributed by atoms with van der Waals surface area (Å²) in [6.07, 6.45) is 6.16. The molecule has 2 aliphatic rings. The second-order valence-corrected chi connectivity index (χ2v) is 3.50. The molecule has 0 spiro atoms. The number of rotatable bonds is 1.